The molecule has 3 rings (SSSR count). The second-order valence-electron chi connectivity index (χ2n) is 4.94. The predicted molar refractivity (Wildman–Crippen MR) is 91.6 cm³/mol. The number of fused-ring (bicyclic) bond motifs is 1. The Kier molecular flexibility index (Phi) is 4.66. The maximum Gasteiger partial charge on any atom is 0.244 e. The van der Waals surface area contributed by atoms with E-state index in [-0.39, 0.29) is 23.3 Å². The van der Waals surface area contributed by atoms with Crippen molar-refractivity contribution in [3.63, 3.8) is 0 Å². The molecule has 0 saturated carbocycles. The van der Waals surface area contributed by atoms with Gasteiger partial charge in [0.15, 0.2) is 10.7 Å². The van der Waals surface area contributed by atoms with E-state index in [9.17, 15) is 9.18 Å². The van der Waals surface area contributed by atoms with Crippen LogP contribution in [0, 0.1) is 5.82 Å². The molecule has 0 atom stereocenters. The lowest BCUT2D eigenvalue weighted by Crippen LogP contribution is -2.44. The minimum atomic E-state index is -0.340. The van der Waals surface area contributed by atoms with Gasteiger partial charge in [-0.2, -0.15) is 0 Å². The van der Waals surface area contributed by atoms with Gasteiger partial charge in [0.1, 0.15) is 11.5 Å². The first kappa shape index (κ1) is 15.9. The fourth-order valence-electron chi connectivity index (χ4n) is 2.08. The van der Waals surface area contributed by atoms with E-state index >= 15 is 0 Å². The summed E-state index contributed by atoms with van der Waals surface area (Å²) < 4.78 is 18.0. The molecule has 0 saturated heterocycles. The van der Waals surface area contributed by atoms with Gasteiger partial charge in [-0.15, -0.1) is 0 Å². The van der Waals surface area contributed by atoms with Crippen molar-refractivity contribution in [1.82, 2.24) is 16.0 Å². The highest BCUT2D eigenvalue weighted by molar-refractivity contribution is 7.80. The van der Waals surface area contributed by atoms with Crippen LogP contribution >= 0.6 is 12.2 Å². The average Bonchev–Trinajstić information content (AvgIpc) is 2.98. The number of hydrogen-bond donors (Lipinski definition) is 3. The monoisotopic (exact) mass is 344 g/mol. The van der Waals surface area contributed by atoms with Gasteiger partial charge in [0, 0.05) is 11.1 Å². The Bertz CT molecular complexity index is 879. The van der Waals surface area contributed by atoms with Crippen LogP contribution in [0.3, 0.4) is 0 Å². The van der Waals surface area contributed by atoms with Crippen LogP contribution in [0.25, 0.3) is 11.0 Å². The summed E-state index contributed by atoms with van der Waals surface area (Å²) in [5, 5.41) is 7.68. The minimum Gasteiger partial charge on any atom is -0.356 e. The molecule has 1 aromatic heterocycles. The Morgan fingerprint density at radius 3 is 2.67 bits per heavy atom. The van der Waals surface area contributed by atoms with E-state index in [4.69, 9.17) is 16.7 Å². The number of carbonyl (C=O) groups is 1. The molecule has 0 unspecified atom stereocenters. The molecular weight excluding hydrogens is 331 g/mol. The quantitative estimate of drug-likeness (QED) is 0.501. The van der Waals surface area contributed by atoms with Crippen LogP contribution in [-0.4, -0.2) is 16.2 Å². The largest absolute Gasteiger partial charge is 0.356 e. The Morgan fingerprint density at radius 2 is 1.88 bits per heavy atom. The first-order valence-corrected chi connectivity index (χ1v) is 7.47. The molecule has 0 aliphatic rings. The molecular formula is C16H13FN4O2S. The maximum atomic E-state index is 12.8. The number of aromatic nitrogens is 1. The number of rotatable bonds is 3. The summed E-state index contributed by atoms with van der Waals surface area (Å²) in [5.74, 6) is -0.662. The predicted octanol–water partition coefficient (Wildman–Crippen LogP) is 2.53. The van der Waals surface area contributed by atoms with Crippen LogP contribution < -0.4 is 16.2 Å². The molecule has 3 aromatic rings. The topological polar surface area (TPSA) is 79.2 Å². The smallest absolute Gasteiger partial charge is 0.244 e. The molecule has 0 fully saturated rings. The molecule has 0 aliphatic heterocycles. The van der Waals surface area contributed by atoms with Crippen LogP contribution in [0.2, 0.25) is 0 Å². The second kappa shape index (κ2) is 7.05. The third-order valence-corrected chi connectivity index (χ3v) is 3.40. The summed E-state index contributed by atoms with van der Waals surface area (Å²) in [6.45, 7) is 0. The first-order chi connectivity index (χ1) is 11.6. The zero-order chi connectivity index (χ0) is 16.9. The zero-order valence-electron chi connectivity index (χ0n) is 12.4. The van der Waals surface area contributed by atoms with Gasteiger partial charge < -0.3 is 9.84 Å². The van der Waals surface area contributed by atoms with Crippen molar-refractivity contribution in [1.29, 1.82) is 0 Å². The van der Waals surface area contributed by atoms with Crippen molar-refractivity contribution in [2.45, 2.75) is 6.42 Å². The standard InChI is InChI=1S/C16H13FN4O2S/c17-10-5-7-11(8-6-10)18-16(24)20-19-15(22)9-13-12-3-1-2-4-14(12)23-21-13/h1-8H,9H2,(H,19,22)(H2,18,20,24). The number of nitrogens with zero attached hydrogens (tertiary/aromatic N) is 1. The molecule has 1 amide bonds. The molecule has 6 nitrogen and oxygen atoms in total. The summed E-state index contributed by atoms with van der Waals surface area (Å²) in [5.41, 5.74) is 6.82. The summed E-state index contributed by atoms with van der Waals surface area (Å²) in [6.07, 6.45) is 0.0448. The van der Waals surface area contributed by atoms with Crippen molar-refractivity contribution in [3.8, 4) is 0 Å². The summed E-state index contributed by atoms with van der Waals surface area (Å²) >= 11 is 5.05. The molecule has 122 valence electrons. The normalized spacial score (nSPS) is 10.4. The fraction of sp³-hybridized carbons (Fsp3) is 0.0625. The molecule has 8 heteroatoms. The van der Waals surface area contributed by atoms with E-state index < -0.39 is 0 Å². The van der Waals surface area contributed by atoms with E-state index in [0.29, 0.717) is 17.0 Å². The number of amides is 1. The molecule has 0 aliphatic carbocycles. The van der Waals surface area contributed by atoms with Gasteiger partial charge in [-0.25, -0.2) is 4.39 Å². The highest BCUT2D eigenvalue weighted by Crippen LogP contribution is 2.17. The van der Waals surface area contributed by atoms with Gasteiger partial charge in [0.25, 0.3) is 0 Å². The van der Waals surface area contributed by atoms with Crippen LogP contribution in [-0.2, 0) is 11.2 Å². The zero-order valence-corrected chi connectivity index (χ0v) is 13.2. The van der Waals surface area contributed by atoms with Gasteiger partial charge in [-0.1, -0.05) is 17.3 Å². The second-order valence-corrected chi connectivity index (χ2v) is 5.34. The van der Waals surface area contributed by atoms with Crippen LogP contribution in [0.15, 0.2) is 53.1 Å². The summed E-state index contributed by atoms with van der Waals surface area (Å²) in [4.78, 5) is 12.0. The van der Waals surface area contributed by atoms with Gasteiger partial charge in [-0.3, -0.25) is 15.6 Å². The van der Waals surface area contributed by atoms with Crippen LogP contribution in [0.4, 0.5) is 10.1 Å². The van der Waals surface area contributed by atoms with E-state index in [1.165, 1.54) is 24.3 Å². The lowest BCUT2D eigenvalue weighted by molar-refractivity contribution is -0.121. The summed E-state index contributed by atoms with van der Waals surface area (Å²) in [6, 6.07) is 13.0. The molecule has 0 bridgehead atoms. The van der Waals surface area contributed by atoms with Crippen LogP contribution in [0.1, 0.15) is 5.69 Å². The SMILES string of the molecule is O=C(Cc1noc2ccccc12)NNC(=S)Nc1ccc(F)cc1. The van der Waals surface area contributed by atoms with Gasteiger partial charge >= 0.3 is 0 Å². The van der Waals surface area contributed by atoms with Crippen molar-refractivity contribution in [3.05, 3.63) is 60.0 Å². The third-order valence-electron chi connectivity index (χ3n) is 3.20. The van der Waals surface area contributed by atoms with Gasteiger partial charge in [0.2, 0.25) is 5.91 Å². The van der Waals surface area contributed by atoms with Crippen LogP contribution in [0.5, 0.6) is 0 Å². The molecule has 24 heavy (non-hydrogen) atoms. The Balaban J connectivity index is 1.52. The third kappa shape index (κ3) is 3.85. The number of nitrogens with one attached hydrogen (secondary N) is 3. The van der Waals surface area contributed by atoms with Crippen molar-refractivity contribution in [2.75, 3.05) is 5.32 Å². The Hall–Kier alpha value is -3.00. The lowest BCUT2D eigenvalue weighted by Gasteiger charge is -2.11. The number of hydrogen-bond acceptors (Lipinski definition) is 4. The van der Waals surface area contributed by atoms with Crippen molar-refractivity contribution >= 4 is 39.9 Å². The number of halogens is 1. The first-order valence-electron chi connectivity index (χ1n) is 7.06. The molecule has 1 heterocycles. The molecule has 0 radical (unpaired) electrons. The van der Waals surface area contributed by atoms with E-state index in [1.54, 1.807) is 6.07 Å². The molecule has 3 N–H and O–H groups in total. The van der Waals surface area contributed by atoms with Gasteiger partial charge in [-0.05, 0) is 48.6 Å². The van der Waals surface area contributed by atoms with E-state index in [2.05, 4.69) is 21.3 Å². The minimum absolute atomic E-state index is 0.0448. The number of benzene rings is 2. The highest BCUT2D eigenvalue weighted by atomic mass is 32.1. The number of para-hydroxylation sites is 1. The number of hydrazine groups is 1. The Labute approximate surface area is 142 Å². The summed E-state index contributed by atoms with van der Waals surface area (Å²) in [7, 11) is 0. The maximum absolute atomic E-state index is 12.8. The molecule has 0 spiro atoms. The average molecular weight is 344 g/mol. The highest BCUT2D eigenvalue weighted by Gasteiger charge is 2.12. The fourth-order valence-corrected chi connectivity index (χ4v) is 2.25. The number of thiocarbonyl (C=S) groups is 1. The Morgan fingerprint density at radius 1 is 1.12 bits per heavy atom. The van der Waals surface area contributed by atoms with Gasteiger partial charge in [0.05, 0.1) is 6.42 Å². The van der Waals surface area contributed by atoms with Crippen molar-refractivity contribution in [2.24, 2.45) is 0 Å². The van der Waals surface area contributed by atoms with E-state index in [1.807, 2.05) is 18.2 Å². The lowest BCUT2D eigenvalue weighted by atomic mass is 10.2. The van der Waals surface area contributed by atoms with Crippen molar-refractivity contribution < 1.29 is 13.7 Å². The molecule has 2 aromatic carbocycles. The number of anilines is 1. The van der Waals surface area contributed by atoms with E-state index in [0.717, 1.165) is 5.39 Å². The number of carbonyl (C=O) groups excluding carboxylic acids is 1.